The van der Waals surface area contributed by atoms with Crippen LogP contribution in [0.5, 0.6) is 5.75 Å². The molecule has 1 rings (SSSR count). The lowest BCUT2D eigenvalue weighted by molar-refractivity contribution is -0.130. The molecule has 0 bridgehead atoms. The van der Waals surface area contributed by atoms with Gasteiger partial charge in [0.2, 0.25) is 6.10 Å². The van der Waals surface area contributed by atoms with Crippen molar-refractivity contribution in [2.75, 3.05) is 18.0 Å². The molecule has 0 heterocycles. The molecule has 0 saturated carbocycles. The number of hydrogen-bond donors (Lipinski definition) is 1. The molecule has 1 amide bonds. The highest BCUT2D eigenvalue weighted by atomic mass is 16.5. The largest absolute Gasteiger partial charge is 0.473 e. The summed E-state index contributed by atoms with van der Waals surface area (Å²) in [5.41, 5.74) is 6.02. The highest BCUT2D eigenvalue weighted by Crippen LogP contribution is 2.21. The number of carbonyl (C=O) groups is 2. The minimum Gasteiger partial charge on any atom is -0.473 e. The molecule has 0 fully saturated rings. The molecule has 5 heteroatoms. The predicted octanol–water partition coefficient (Wildman–Crippen LogP) is 0.964. The van der Waals surface area contributed by atoms with Gasteiger partial charge in [-0.15, -0.1) is 0 Å². The van der Waals surface area contributed by atoms with E-state index in [1.54, 1.807) is 12.1 Å². The van der Waals surface area contributed by atoms with Crippen LogP contribution in [0.1, 0.15) is 13.8 Å². The van der Waals surface area contributed by atoms with Crippen molar-refractivity contribution in [3.8, 4) is 5.75 Å². The molecule has 1 aromatic carbocycles. The zero-order valence-corrected chi connectivity index (χ0v) is 10.6. The number of primary amides is 1. The topological polar surface area (TPSA) is 72.6 Å². The lowest BCUT2D eigenvalue weighted by Crippen LogP contribution is -2.35. The molecule has 1 atom stereocenters. The third kappa shape index (κ3) is 3.48. The number of amides is 1. The number of nitrogens with zero attached hydrogens (tertiary/aromatic N) is 1. The van der Waals surface area contributed by atoms with Crippen LogP contribution >= 0.6 is 0 Å². The molecule has 5 nitrogen and oxygen atoms in total. The number of hydrogen-bond acceptors (Lipinski definition) is 4. The summed E-state index contributed by atoms with van der Waals surface area (Å²) in [6.07, 6.45) is -0.844. The molecule has 0 aromatic heterocycles. The Hall–Kier alpha value is -2.04. The third-order valence-electron chi connectivity index (χ3n) is 2.61. The second-order valence-corrected chi connectivity index (χ2v) is 3.75. The van der Waals surface area contributed by atoms with E-state index in [0.29, 0.717) is 12.0 Å². The Morgan fingerprint density at radius 1 is 1.44 bits per heavy atom. The fourth-order valence-corrected chi connectivity index (χ4v) is 1.64. The first kappa shape index (κ1) is 14.0. The van der Waals surface area contributed by atoms with E-state index in [4.69, 9.17) is 10.5 Å². The summed E-state index contributed by atoms with van der Waals surface area (Å²) in [6, 6.07) is 7.23. The summed E-state index contributed by atoms with van der Waals surface area (Å²) in [7, 11) is 0. The maximum atomic E-state index is 10.9. The van der Waals surface area contributed by atoms with Gasteiger partial charge >= 0.3 is 0 Å². The molecule has 0 radical (unpaired) electrons. The third-order valence-corrected chi connectivity index (χ3v) is 2.61. The van der Waals surface area contributed by atoms with Crippen LogP contribution in [0.4, 0.5) is 5.69 Å². The van der Waals surface area contributed by atoms with E-state index in [-0.39, 0.29) is 0 Å². The van der Waals surface area contributed by atoms with Crippen molar-refractivity contribution >= 4 is 17.9 Å². The second-order valence-electron chi connectivity index (χ2n) is 3.75. The summed E-state index contributed by atoms with van der Waals surface area (Å²) in [6.45, 7) is 5.84. The number of carbonyl (C=O) groups excluding carboxylic acids is 2. The summed E-state index contributed by atoms with van der Waals surface area (Å²) in [5, 5.41) is 0. The number of ether oxygens (including phenoxy) is 1. The van der Waals surface area contributed by atoms with E-state index in [2.05, 4.69) is 18.7 Å². The van der Waals surface area contributed by atoms with Gasteiger partial charge in [0.25, 0.3) is 5.91 Å². The standard InChI is InChI=1S/C13H18N2O3/c1-3-15(4-2)10-6-5-7-11(8-10)18-12(9-16)13(14)17/h5-9,12H,3-4H2,1-2H3,(H2,14,17). The van der Waals surface area contributed by atoms with E-state index < -0.39 is 12.0 Å². The van der Waals surface area contributed by atoms with Crippen LogP contribution in [0.3, 0.4) is 0 Å². The number of benzene rings is 1. The van der Waals surface area contributed by atoms with Crippen LogP contribution in [-0.4, -0.2) is 31.4 Å². The molecule has 1 unspecified atom stereocenters. The normalized spacial score (nSPS) is 11.7. The van der Waals surface area contributed by atoms with E-state index in [9.17, 15) is 9.59 Å². The Balaban J connectivity index is 2.87. The van der Waals surface area contributed by atoms with E-state index in [1.165, 1.54) is 0 Å². The fraction of sp³-hybridized carbons (Fsp3) is 0.385. The predicted molar refractivity (Wildman–Crippen MR) is 69.7 cm³/mol. The van der Waals surface area contributed by atoms with Crippen LogP contribution < -0.4 is 15.4 Å². The molecule has 0 aliphatic carbocycles. The van der Waals surface area contributed by atoms with Gasteiger partial charge in [0.1, 0.15) is 5.75 Å². The molecule has 2 N–H and O–H groups in total. The Morgan fingerprint density at radius 2 is 2.11 bits per heavy atom. The van der Waals surface area contributed by atoms with Crippen molar-refractivity contribution in [1.82, 2.24) is 0 Å². The van der Waals surface area contributed by atoms with Crippen LogP contribution in [0, 0.1) is 0 Å². The number of rotatable bonds is 7. The molecule has 98 valence electrons. The van der Waals surface area contributed by atoms with Crippen molar-refractivity contribution in [1.29, 1.82) is 0 Å². The summed E-state index contributed by atoms with van der Waals surface area (Å²) < 4.78 is 5.24. The Morgan fingerprint density at radius 3 is 2.61 bits per heavy atom. The van der Waals surface area contributed by atoms with E-state index in [1.807, 2.05) is 12.1 Å². The zero-order chi connectivity index (χ0) is 13.5. The van der Waals surface area contributed by atoms with E-state index >= 15 is 0 Å². The van der Waals surface area contributed by atoms with Crippen molar-refractivity contribution in [2.24, 2.45) is 5.73 Å². The van der Waals surface area contributed by atoms with Crippen LogP contribution in [0.15, 0.2) is 24.3 Å². The first-order valence-corrected chi connectivity index (χ1v) is 5.88. The molecule has 18 heavy (non-hydrogen) atoms. The van der Waals surface area contributed by atoms with Gasteiger partial charge in [0, 0.05) is 24.8 Å². The first-order valence-electron chi connectivity index (χ1n) is 5.88. The number of anilines is 1. The molecular weight excluding hydrogens is 232 g/mol. The second kappa shape index (κ2) is 6.64. The summed E-state index contributed by atoms with van der Waals surface area (Å²) in [4.78, 5) is 23.7. The molecule has 0 aliphatic heterocycles. The number of nitrogens with two attached hydrogens (primary N) is 1. The van der Waals surface area contributed by atoms with Gasteiger partial charge in [-0.1, -0.05) is 6.07 Å². The smallest absolute Gasteiger partial charge is 0.266 e. The Labute approximate surface area is 107 Å². The molecule has 0 aliphatic rings. The lowest BCUT2D eigenvalue weighted by Gasteiger charge is -2.21. The van der Waals surface area contributed by atoms with Gasteiger partial charge in [-0.05, 0) is 26.0 Å². The van der Waals surface area contributed by atoms with Gasteiger partial charge in [0.05, 0.1) is 0 Å². The van der Waals surface area contributed by atoms with Crippen molar-refractivity contribution in [3.05, 3.63) is 24.3 Å². The average Bonchev–Trinajstić information content (AvgIpc) is 2.37. The van der Waals surface area contributed by atoms with Gasteiger partial charge in [-0.25, -0.2) is 0 Å². The Kier molecular flexibility index (Phi) is 5.17. The van der Waals surface area contributed by atoms with Crippen molar-refractivity contribution < 1.29 is 14.3 Å². The van der Waals surface area contributed by atoms with Crippen molar-refractivity contribution in [2.45, 2.75) is 20.0 Å². The zero-order valence-electron chi connectivity index (χ0n) is 10.6. The Bertz CT molecular complexity index is 416. The fourth-order valence-electron chi connectivity index (χ4n) is 1.64. The van der Waals surface area contributed by atoms with Gasteiger partial charge < -0.3 is 15.4 Å². The van der Waals surface area contributed by atoms with E-state index in [0.717, 1.165) is 18.8 Å². The first-order chi connectivity index (χ1) is 8.62. The summed E-state index contributed by atoms with van der Waals surface area (Å²) >= 11 is 0. The maximum absolute atomic E-state index is 10.9. The quantitative estimate of drug-likeness (QED) is 0.578. The average molecular weight is 250 g/mol. The van der Waals surface area contributed by atoms with Gasteiger partial charge in [-0.2, -0.15) is 0 Å². The molecule has 0 spiro atoms. The highest BCUT2D eigenvalue weighted by molar-refractivity contribution is 5.93. The van der Waals surface area contributed by atoms with Gasteiger partial charge in [0.15, 0.2) is 6.29 Å². The minimum absolute atomic E-state index is 0.395. The summed E-state index contributed by atoms with van der Waals surface area (Å²) in [5.74, 6) is -0.339. The lowest BCUT2D eigenvalue weighted by atomic mass is 10.2. The van der Waals surface area contributed by atoms with Gasteiger partial charge in [-0.3, -0.25) is 9.59 Å². The van der Waals surface area contributed by atoms with Crippen LogP contribution in [-0.2, 0) is 9.59 Å². The maximum Gasteiger partial charge on any atom is 0.266 e. The molecule has 1 aromatic rings. The number of aldehydes is 1. The SMILES string of the molecule is CCN(CC)c1cccc(OC(C=O)C(N)=O)c1. The minimum atomic E-state index is -1.24. The molecule has 0 saturated heterocycles. The van der Waals surface area contributed by atoms with Crippen molar-refractivity contribution in [3.63, 3.8) is 0 Å². The van der Waals surface area contributed by atoms with Crippen LogP contribution in [0.25, 0.3) is 0 Å². The van der Waals surface area contributed by atoms with Crippen LogP contribution in [0.2, 0.25) is 0 Å². The molecular formula is C13H18N2O3. The highest BCUT2D eigenvalue weighted by Gasteiger charge is 2.16. The monoisotopic (exact) mass is 250 g/mol.